The van der Waals surface area contributed by atoms with Crippen LogP contribution in [0.25, 0.3) is 0 Å². The second-order valence-corrected chi connectivity index (χ2v) is 10.9. The number of hydrogen-bond acceptors (Lipinski definition) is 5. The Labute approximate surface area is 242 Å². The van der Waals surface area contributed by atoms with E-state index in [1.165, 1.54) is 0 Å². The number of benzene rings is 4. The molecule has 0 amide bonds. The number of Topliss-reactive ketones (excluding diaryl/α,β-unsaturated/α-hetero) is 3. The average molecular weight is 549 g/mol. The maximum absolute atomic E-state index is 13.9. The zero-order valence-corrected chi connectivity index (χ0v) is 22.6. The summed E-state index contributed by atoms with van der Waals surface area (Å²) in [7, 11) is 0. The standard InChI is InChI=1S/C37H24O5/c38-31(22-8-2-1-3-9-22)20-24-16-15-23(32-33(24)37(42)28-13-7-6-12-27(28)36(32)41)18-21-14-17-29-30(19-21)35(40)26-11-5-4-10-25(26)34(29)39/h1-10,12-17,19,26H,11,18,20H2. The maximum Gasteiger partial charge on any atom is 0.194 e. The number of hydrogen-bond donors (Lipinski definition) is 0. The lowest BCUT2D eigenvalue weighted by molar-refractivity contribution is 0.0882. The van der Waals surface area contributed by atoms with Crippen LogP contribution in [0.3, 0.4) is 0 Å². The molecule has 0 aliphatic heterocycles. The molecule has 3 aliphatic carbocycles. The summed E-state index contributed by atoms with van der Waals surface area (Å²) < 4.78 is 0. The quantitative estimate of drug-likeness (QED) is 0.239. The molecular formula is C37H24O5. The Balaban J connectivity index is 1.31. The molecule has 0 bridgehead atoms. The van der Waals surface area contributed by atoms with Gasteiger partial charge in [0, 0.05) is 50.9 Å². The zero-order chi connectivity index (χ0) is 29.0. The first-order valence-electron chi connectivity index (χ1n) is 13.9. The summed E-state index contributed by atoms with van der Waals surface area (Å²) in [5, 5.41) is 0. The second-order valence-electron chi connectivity index (χ2n) is 10.9. The van der Waals surface area contributed by atoms with Crippen molar-refractivity contribution in [2.24, 2.45) is 5.92 Å². The van der Waals surface area contributed by atoms with E-state index in [-0.39, 0.29) is 47.3 Å². The molecule has 0 aromatic heterocycles. The minimum absolute atomic E-state index is 0.0189. The van der Waals surface area contributed by atoms with Crippen molar-refractivity contribution in [1.82, 2.24) is 0 Å². The predicted molar refractivity (Wildman–Crippen MR) is 157 cm³/mol. The Kier molecular flexibility index (Phi) is 6.09. The SMILES string of the molecule is O=C(Cc1ccc(Cc2ccc3c(c2)C(=O)C2CC=CC=C2C3=O)c2c1C(=O)c1ccccc1C2=O)c1ccccc1. The third-order valence-corrected chi connectivity index (χ3v) is 8.42. The summed E-state index contributed by atoms with van der Waals surface area (Å²) in [5.41, 5.74) is 4.93. The zero-order valence-electron chi connectivity index (χ0n) is 22.6. The van der Waals surface area contributed by atoms with Crippen molar-refractivity contribution in [3.8, 4) is 0 Å². The summed E-state index contributed by atoms with van der Waals surface area (Å²) in [6.07, 6.45) is 6.18. The number of rotatable bonds is 5. The molecule has 0 fully saturated rings. The summed E-state index contributed by atoms with van der Waals surface area (Å²) in [6.45, 7) is 0. The van der Waals surface area contributed by atoms with Crippen LogP contribution in [-0.4, -0.2) is 28.9 Å². The van der Waals surface area contributed by atoms with Gasteiger partial charge in [0.2, 0.25) is 0 Å². The number of fused-ring (bicyclic) bond motifs is 4. The van der Waals surface area contributed by atoms with Crippen LogP contribution in [0.15, 0.2) is 109 Å². The van der Waals surface area contributed by atoms with E-state index in [0.717, 1.165) is 5.56 Å². The molecule has 0 saturated carbocycles. The summed E-state index contributed by atoms with van der Waals surface area (Å²) in [6, 6.07) is 24.4. The van der Waals surface area contributed by atoms with Crippen LogP contribution in [0.1, 0.15) is 86.0 Å². The highest BCUT2D eigenvalue weighted by Crippen LogP contribution is 2.37. The van der Waals surface area contributed by atoms with E-state index in [0.29, 0.717) is 56.5 Å². The van der Waals surface area contributed by atoms with Gasteiger partial charge in [-0.2, -0.15) is 0 Å². The molecule has 0 saturated heterocycles. The van der Waals surface area contributed by atoms with Crippen molar-refractivity contribution >= 4 is 28.9 Å². The van der Waals surface area contributed by atoms with E-state index >= 15 is 0 Å². The molecule has 3 aliphatic rings. The third kappa shape index (κ3) is 4.05. The Morgan fingerprint density at radius 1 is 0.667 bits per heavy atom. The molecule has 4 aromatic rings. The van der Waals surface area contributed by atoms with Gasteiger partial charge in [0.1, 0.15) is 0 Å². The van der Waals surface area contributed by atoms with E-state index in [1.54, 1.807) is 84.9 Å². The Morgan fingerprint density at radius 3 is 2.05 bits per heavy atom. The molecule has 0 spiro atoms. The molecule has 0 N–H and O–H groups in total. The van der Waals surface area contributed by atoms with Crippen molar-refractivity contribution in [2.75, 3.05) is 0 Å². The van der Waals surface area contributed by atoms with E-state index in [1.807, 2.05) is 18.2 Å². The Hall–Kier alpha value is -5.29. The molecule has 1 unspecified atom stereocenters. The van der Waals surface area contributed by atoms with Gasteiger partial charge in [0.25, 0.3) is 0 Å². The van der Waals surface area contributed by atoms with Crippen molar-refractivity contribution in [3.63, 3.8) is 0 Å². The van der Waals surface area contributed by atoms with E-state index in [9.17, 15) is 24.0 Å². The van der Waals surface area contributed by atoms with Gasteiger partial charge < -0.3 is 0 Å². The van der Waals surface area contributed by atoms with Gasteiger partial charge in [0.15, 0.2) is 28.9 Å². The lowest BCUT2D eigenvalue weighted by atomic mass is 9.74. The van der Waals surface area contributed by atoms with E-state index in [2.05, 4.69) is 0 Å². The largest absolute Gasteiger partial charge is 0.294 e. The first-order valence-corrected chi connectivity index (χ1v) is 13.9. The van der Waals surface area contributed by atoms with Gasteiger partial charge in [-0.05, 0) is 35.6 Å². The minimum Gasteiger partial charge on any atom is -0.294 e. The monoisotopic (exact) mass is 548 g/mol. The van der Waals surface area contributed by atoms with Gasteiger partial charge in [-0.3, -0.25) is 24.0 Å². The molecule has 4 aromatic carbocycles. The fourth-order valence-corrected chi connectivity index (χ4v) is 6.33. The fourth-order valence-electron chi connectivity index (χ4n) is 6.33. The molecule has 42 heavy (non-hydrogen) atoms. The number of carbonyl (C=O) groups excluding carboxylic acids is 5. The summed E-state index contributed by atoms with van der Waals surface area (Å²) >= 11 is 0. The fraction of sp³-hybridized carbons (Fsp3) is 0.108. The number of carbonyl (C=O) groups is 5. The van der Waals surface area contributed by atoms with Crippen molar-refractivity contribution < 1.29 is 24.0 Å². The average Bonchev–Trinajstić information content (AvgIpc) is 3.03. The lowest BCUT2D eigenvalue weighted by Gasteiger charge is -2.26. The van der Waals surface area contributed by atoms with Crippen LogP contribution in [-0.2, 0) is 12.8 Å². The highest BCUT2D eigenvalue weighted by atomic mass is 16.1. The molecule has 5 nitrogen and oxygen atoms in total. The lowest BCUT2D eigenvalue weighted by Crippen LogP contribution is -2.30. The molecule has 5 heteroatoms. The van der Waals surface area contributed by atoms with Crippen LogP contribution >= 0.6 is 0 Å². The van der Waals surface area contributed by atoms with Crippen LogP contribution < -0.4 is 0 Å². The summed E-state index contributed by atoms with van der Waals surface area (Å²) in [4.78, 5) is 67.4. The minimum atomic E-state index is -0.477. The third-order valence-electron chi connectivity index (χ3n) is 8.42. The van der Waals surface area contributed by atoms with Crippen LogP contribution in [0, 0.1) is 5.92 Å². The Morgan fingerprint density at radius 2 is 1.31 bits per heavy atom. The molecule has 0 radical (unpaired) electrons. The highest BCUT2D eigenvalue weighted by molar-refractivity contribution is 6.29. The molecule has 202 valence electrons. The van der Waals surface area contributed by atoms with Gasteiger partial charge in [0.05, 0.1) is 5.92 Å². The van der Waals surface area contributed by atoms with Gasteiger partial charge in [-0.1, -0.05) is 97.1 Å². The normalized spacial score (nSPS) is 16.8. The summed E-state index contributed by atoms with van der Waals surface area (Å²) in [5.74, 6) is -1.39. The van der Waals surface area contributed by atoms with E-state index in [4.69, 9.17) is 0 Å². The van der Waals surface area contributed by atoms with Crippen LogP contribution in [0.4, 0.5) is 0 Å². The maximum atomic E-state index is 13.9. The topological polar surface area (TPSA) is 85.3 Å². The first-order chi connectivity index (χ1) is 20.4. The molecule has 1 atom stereocenters. The smallest absolute Gasteiger partial charge is 0.194 e. The molecule has 0 heterocycles. The van der Waals surface area contributed by atoms with Crippen molar-refractivity contribution in [2.45, 2.75) is 19.3 Å². The van der Waals surface area contributed by atoms with Gasteiger partial charge in [-0.15, -0.1) is 0 Å². The second kappa shape index (κ2) is 9.96. The van der Waals surface area contributed by atoms with Gasteiger partial charge in [-0.25, -0.2) is 0 Å². The van der Waals surface area contributed by atoms with E-state index < -0.39 is 5.92 Å². The molecule has 7 rings (SSSR count). The highest BCUT2D eigenvalue weighted by Gasteiger charge is 2.37. The number of ketones is 5. The molecular weight excluding hydrogens is 524 g/mol. The Bertz CT molecular complexity index is 1940. The van der Waals surface area contributed by atoms with Crippen LogP contribution in [0.5, 0.6) is 0 Å². The van der Waals surface area contributed by atoms with Gasteiger partial charge >= 0.3 is 0 Å². The van der Waals surface area contributed by atoms with Crippen molar-refractivity contribution in [1.29, 1.82) is 0 Å². The first kappa shape index (κ1) is 25.7. The van der Waals surface area contributed by atoms with Crippen LogP contribution in [0.2, 0.25) is 0 Å². The number of allylic oxidation sites excluding steroid dienone is 4. The van der Waals surface area contributed by atoms with Crippen molar-refractivity contribution in [3.05, 3.63) is 164 Å². The predicted octanol–water partition coefficient (Wildman–Crippen LogP) is 6.36.